The highest BCUT2D eigenvalue weighted by atomic mass is 32.1. The van der Waals surface area contributed by atoms with Crippen molar-refractivity contribution < 1.29 is 32.6 Å². The Labute approximate surface area is 134 Å². The van der Waals surface area contributed by atoms with Crippen LogP contribution in [0, 0.1) is 6.92 Å². The molecule has 23 heavy (non-hydrogen) atoms. The number of halogens is 3. The summed E-state index contributed by atoms with van der Waals surface area (Å²) in [5.41, 5.74) is -3.11. The van der Waals surface area contributed by atoms with Crippen molar-refractivity contribution in [2.75, 3.05) is 6.61 Å². The SMILES string of the molecule is CCOC(=O)[C@@H](C)NC(=O)C[C@](O)(c1nc(C)cs1)C(F)(F)F. The van der Waals surface area contributed by atoms with Gasteiger partial charge in [-0.2, -0.15) is 13.2 Å². The number of nitrogens with one attached hydrogen (secondary N) is 1. The van der Waals surface area contributed by atoms with E-state index in [4.69, 9.17) is 0 Å². The molecule has 2 atom stereocenters. The molecule has 0 unspecified atom stereocenters. The third kappa shape index (κ3) is 4.64. The lowest BCUT2D eigenvalue weighted by molar-refractivity contribution is -0.267. The van der Waals surface area contributed by atoms with Crippen LogP contribution in [-0.4, -0.2) is 40.8 Å². The molecule has 0 radical (unpaired) electrons. The Bertz CT molecular complexity index is 576. The third-order valence-corrected chi connectivity index (χ3v) is 3.99. The fourth-order valence-electron chi connectivity index (χ4n) is 1.69. The lowest BCUT2D eigenvalue weighted by Gasteiger charge is -2.28. The van der Waals surface area contributed by atoms with Crippen molar-refractivity contribution in [1.82, 2.24) is 10.3 Å². The van der Waals surface area contributed by atoms with Gasteiger partial charge in [0, 0.05) is 11.1 Å². The number of ether oxygens (including phenoxy) is 1. The van der Waals surface area contributed by atoms with Gasteiger partial charge in [0.1, 0.15) is 11.0 Å². The van der Waals surface area contributed by atoms with Crippen molar-refractivity contribution >= 4 is 23.2 Å². The van der Waals surface area contributed by atoms with Gasteiger partial charge < -0.3 is 15.2 Å². The molecule has 0 aliphatic rings. The standard InChI is InChI=1S/C13H17F3N2O4S/c1-4-22-10(20)8(3)18-9(19)5-12(21,13(14,15)16)11-17-7(2)6-23-11/h6,8,21H,4-5H2,1-3H3,(H,18,19)/t8-,12+/m1/s1. The Kier molecular flexibility index (Phi) is 6.11. The molecule has 0 saturated carbocycles. The lowest BCUT2D eigenvalue weighted by Crippen LogP contribution is -2.48. The predicted octanol–water partition coefficient (Wildman–Crippen LogP) is 1.66. The molecule has 0 aromatic carbocycles. The number of carbonyl (C=O) groups is 2. The summed E-state index contributed by atoms with van der Waals surface area (Å²) < 4.78 is 44.3. The molecule has 0 aliphatic heterocycles. The Morgan fingerprint density at radius 2 is 2.09 bits per heavy atom. The molecule has 0 aliphatic carbocycles. The summed E-state index contributed by atoms with van der Waals surface area (Å²) in [6, 6.07) is -1.13. The number of esters is 1. The van der Waals surface area contributed by atoms with Gasteiger partial charge in [0.25, 0.3) is 0 Å². The number of rotatable bonds is 6. The summed E-state index contributed by atoms with van der Waals surface area (Å²) in [7, 11) is 0. The third-order valence-electron chi connectivity index (χ3n) is 2.88. The fourth-order valence-corrected chi connectivity index (χ4v) is 2.61. The highest BCUT2D eigenvalue weighted by Crippen LogP contribution is 2.42. The second-order valence-electron chi connectivity index (χ2n) is 4.87. The number of aliphatic hydroxyl groups is 1. The summed E-state index contributed by atoms with van der Waals surface area (Å²) >= 11 is 0.606. The first kappa shape index (κ1) is 19.4. The second-order valence-corrected chi connectivity index (χ2v) is 5.73. The number of aryl methyl sites for hydroxylation is 1. The average Bonchev–Trinajstić information content (AvgIpc) is 2.84. The maximum atomic E-state index is 13.2. The molecule has 0 fully saturated rings. The number of hydrogen-bond donors (Lipinski definition) is 2. The summed E-state index contributed by atoms with van der Waals surface area (Å²) in [6.07, 6.45) is -6.39. The molecule has 0 saturated heterocycles. The van der Waals surface area contributed by atoms with Gasteiger partial charge in [-0.05, 0) is 20.8 Å². The van der Waals surface area contributed by atoms with Crippen molar-refractivity contribution in [3.8, 4) is 0 Å². The molecule has 1 amide bonds. The number of alkyl halides is 3. The molecular formula is C13H17F3N2O4S. The number of aromatic nitrogens is 1. The topological polar surface area (TPSA) is 88.5 Å². The molecule has 130 valence electrons. The molecule has 10 heteroatoms. The number of thiazole rings is 1. The van der Waals surface area contributed by atoms with Gasteiger partial charge in [-0.3, -0.25) is 4.79 Å². The minimum Gasteiger partial charge on any atom is -0.464 e. The Morgan fingerprint density at radius 3 is 2.52 bits per heavy atom. The van der Waals surface area contributed by atoms with Gasteiger partial charge in [0.05, 0.1) is 13.0 Å². The molecule has 1 aromatic rings. The monoisotopic (exact) mass is 354 g/mol. The van der Waals surface area contributed by atoms with E-state index in [1.54, 1.807) is 6.92 Å². The van der Waals surface area contributed by atoms with Crippen molar-refractivity contribution in [3.63, 3.8) is 0 Å². The first-order valence-corrected chi connectivity index (χ1v) is 7.57. The number of hydrogen-bond acceptors (Lipinski definition) is 6. The average molecular weight is 354 g/mol. The van der Waals surface area contributed by atoms with Crippen LogP contribution in [0.25, 0.3) is 0 Å². The highest BCUT2D eigenvalue weighted by Gasteiger charge is 2.58. The predicted molar refractivity (Wildman–Crippen MR) is 75.7 cm³/mol. The molecule has 1 rings (SSSR count). The van der Waals surface area contributed by atoms with Crippen LogP contribution < -0.4 is 5.32 Å². The smallest absolute Gasteiger partial charge is 0.424 e. The second kappa shape index (κ2) is 7.26. The molecular weight excluding hydrogens is 337 g/mol. The van der Waals surface area contributed by atoms with E-state index in [9.17, 15) is 27.9 Å². The fraction of sp³-hybridized carbons (Fsp3) is 0.615. The summed E-state index contributed by atoms with van der Waals surface area (Å²) in [5, 5.41) is 12.8. The van der Waals surface area contributed by atoms with Crippen molar-refractivity contribution in [1.29, 1.82) is 0 Å². The Morgan fingerprint density at radius 1 is 1.48 bits per heavy atom. The normalized spacial score (nSPS) is 15.6. The van der Waals surface area contributed by atoms with E-state index in [1.165, 1.54) is 19.2 Å². The van der Waals surface area contributed by atoms with Crippen LogP contribution in [0.15, 0.2) is 5.38 Å². The van der Waals surface area contributed by atoms with Gasteiger partial charge in [0.2, 0.25) is 11.5 Å². The van der Waals surface area contributed by atoms with Crippen LogP contribution in [0.5, 0.6) is 0 Å². The van der Waals surface area contributed by atoms with Crippen molar-refractivity contribution in [2.24, 2.45) is 0 Å². The minimum absolute atomic E-state index is 0.0733. The number of carbonyl (C=O) groups excluding carboxylic acids is 2. The van der Waals surface area contributed by atoms with Crippen molar-refractivity contribution in [3.05, 3.63) is 16.1 Å². The van der Waals surface area contributed by atoms with Crippen LogP contribution in [-0.2, 0) is 19.9 Å². The maximum Gasteiger partial charge on any atom is 0.424 e. The maximum absolute atomic E-state index is 13.2. The Balaban J connectivity index is 2.91. The van der Waals surface area contributed by atoms with E-state index in [1.807, 2.05) is 0 Å². The van der Waals surface area contributed by atoms with Crippen LogP contribution in [0.3, 0.4) is 0 Å². The highest BCUT2D eigenvalue weighted by molar-refractivity contribution is 7.09. The van der Waals surface area contributed by atoms with Crippen molar-refractivity contribution in [2.45, 2.75) is 45.0 Å². The number of amides is 1. The van der Waals surface area contributed by atoms with Crippen LogP contribution >= 0.6 is 11.3 Å². The lowest BCUT2D eigenvalue weighted by atomic mass is 9.99. The van der Waals surface area contributed by atoms with Crippen LogP contribution in [0.1, 0.15) is 31.0 Å². The van der Waals surface area contributed by atoms with E-state index in [0.29, 0.717) is 17.0 Å². The zero-order chi connectivity index (χ0) is 17.8. The number of nitrogens with zero attached hydrogens (tertiary/aromatic N) is 1. The zero-order valence-corrected chi connectivity index (χ0v) is 13.5. The summed E-state index contributed by atoms with van der Waals surface area (Å²) in [6.45, 7) is 4.37. The van der Waals surface area contributed by atoms with Gasteiger partial charge in [0.15, 0.2) is 0 Å². The van der Waals surface area contributed by atoms with Gasteiger partial charge in [-0.1, -0.05) is 0 Å². The Hall–Kier alpha value is -1.68. The van der Waals surface area contributed by atoms with Gasteiger partial charge >= 0.3 is 12.1 Å². The van der Waals surface area contributed by atoms with E-state index >= 15 is 0 Å². The van der Waals surface area contributed by atoms with Gasteiger partial charge in [-0.15, -0.1) is 11.3 Å². The molecule has 0 bridgehead atoms. The van der Waals surface area contributed by atoms with Crippen LogP contribution in [0.4, 0.5) is 13.2 Å². The first-order valence-electron chi connectivity index (χ1n) is 6.69. The van der Waals surface area contributed by atoms with E-state index in [0.717, 1.165) is 0 Å². The van der Waals surface area contributed by atoms with E-state index in [2.05, 4.69) is 15.0 Å². The zero-order valence-electron chi connectivity index (χ0n) is 12.7. The van der Waals surface area contributed by atoms with Gasteiger partial charge in [-0.25, -0.2) is 9.78 Å². The molecule has 1 heterocycles. The minimum atomic E-state index is -5.10. The molecule has 2 N–H and O–H groups in total. The molecule has 6 nitrogen and oxygen atoms in total. The van der Waals surface area contributed by atoms with Crippen LogP contribution in [0.2, 0.25) is 0 Å². The van der Waals surface area contributed by atoms with E-state index < -0.39 is 41.1 Å². The molecule has 0 spiro atoms. The summed E-state index contributed by atoms with van der Waals surface area (Å²) in [4.78, 5) is 26.8. The summed E-state index contributed by atoms with van der Waals surface area (Å²) in [5.74, 6) is -1.92. The largest absolute Gasteiger partial charge is 0.464 e. The molecule has 1 aromatic heterocycles. The van der Waals surface area contributed by atoms with E-state index in [-0.39, 0.29) is 6.61 Å². The quantitative estimate of drug-likeness (QED) is 0.759. The first-order chi connectivity index (χ1) is 10.5.